The fourth-order valence-electron chi connectivity index (χ4n) is 15.8. The van der Waals surface area contributed by atoms with Crippen molar-refractivity contribution in [3.05, 3.63) is 291 Å². The lowest BCUT2D eigenvalue weighted by Crippen LogP contribution is -1.95. The highest BCUT2D eigenvalue weighted by Gasteiger charge is 2.36. The summed E-state index contributed by atoms with van der Waals surface area (Å²) in [5.41, 5.74) is 25.5. The number of fused-ring (bicyclic) bond motifs is 12. The summed E-state index contributed by atoms with van der Waals surface area (Å²) in [6.07, 6.45) is 0. The molecule has 2 aliphatic carbocycles. The molecule has 0 N–H and O–H groups in total. The second-order valence-electron chi connectivity index (χ2n) is 23.1. The molecule has 0 radical (unpaired) electrons. The first kappa shape index (κ1) is 45.8. The van der Waals surface area contributed by atoms with Crippen LogP contribution in [0.15, 0.2) is 291 Å². The minimum atomic E-state index is 1.21. The second kappa shape index (κ2) is 17.3. The Labute approximate surface area is 485 Å². The Morgan fingerprint density at radius 2 is 0.381 bits per heavy atom. The van der Waals surface area contributed by atoms with E-state index in [0.29, 0.717) is 0 Å². The zero-order valence-corrected chi connectivity index (χ0v) is 45.7. The molecule has 0 heteroatoms. The monoisotopic (exact) mass is 1060 g/mol. The fourth-order valence-corrected chi connectivity index (χ4v) is 15.8. The maximum Gasteiger partial charge on any atom is -0.000718 e. The van der Waals surface area contributed by atoms with Crippen LogP contribution in [0.2, 0.25) is 0 Å². The van der Waals surface area contributed by atoms with Gasteiger partial charge in [-0.2, -0.15) is 0 Å². The molecule has 0 nitrogen and oxygen atoms in total. The zero-order chi connectivity index (χ0) is 54.7. The number of benzene rings is 17. The molecule has 384 valence electrons. The van der Waals surface area contributed by atoms with Crippen LogP contribution in [0.1, 0.15) is 0 Å². The van der Waals surface area contributed by atoms with Crippen LogP contribution in [0.25, 0.3) is 197 Å². The molecule has 0 fully saturated rings. The van der Waals surface area contributed by atoms with E-state index in [1.807, 2.05) is 0 Å². The number of hydrogen-bond donors (Lipinski definition) is 0. The van der Waals surface area contributed by atoms with Gasteiger partial charge in [0.1, 0.15) is 0 Å². The van der Waals surface area contributed by atoms with Crippen molar-refractivity contribution in [1.29, 1.82) is 0 Å². The van der Waals surface area contributed by atoms with E-state index in [1.54, 1.807) is 0 Å². The molecule has 0 amide bonds. The first-order valence-electron chi connectivity index (χ1n) is 29.4. The van der Waals surface area contributed by atoms with E-state index in [-0.39, 0.29) is 0 Å². The van der Waals surface area contributed by atoms with E-state index >= 15 is 0 Å². The summed E-state index contributed by atoms with van der Waals surface area (Å²) < 4.78 is 0. The maximum absolute atomic E-state index is 2.49. The highest BCUT2D eigenvalue weighted by Crippen LogP contribution is 2.64. The van der Waals surface area contributed by atoms with Gasteiger partial charge < -0.3 is 0 Å². The predicted octanol–water partition coefficient (Wildman–Crippen LogP) is 23.6. The summed E-state index contributed by atoms with van der Waals surface area (Å²) >= 11 is 0. The Hall–Kier alpha value is -10.9. The average Bonchev–Trinajstić information content (AvgIpc) is 1.64. The van der Waals surface area contributed by atoms with Crippen molar-refractivity contribution in [2.75, 3.05) is 0 Å². The van der Waals surface area contributed by atoms with Crippen molar-refractivity contribution in [1.82, 2.24) is 0 Å². The molecule has 0 heterocycles. The molecule has 0 saturated heterocycles. The van der Waals surface area contributed by atoms with Crippen molar-refractivity contribution < 1.29 is 0 Å². The normalized spacial score (nSPS) is 12.3. The first-order chi connectivity index (χ1) is 41.8. The zero-order valence-electron chi connectivity index (χ0n) is 45.7. The second-order valence-corrected chi connectivity index (χ2v) is 23.1. The van der Waals surface area contributed by atoms with Gasteiger partial charge in [-0.3, -0.25) is 0 Å². The van der Waals surface area contributed by atoms with E-state index in [4.69, 9.17) is 0 Å². The van der Waals surface area contributed by atoms with Crippen LogP contribution in [0, 0.1) is 0 Å². The molecule has 0 unspecified atom stereocenters. The standard InChI is InChI=1S/C84H48/c1-3-21-49(22-4-1)53-31-11-13-33-57(53)75-61-35-15-17-37-63(61)77(59-39-19-27-51-25-7-9-29-55(51)59)83-71-47-43-67-68-44-48-72-80-70(46-42-66(74(68)80)65-41-45-69(81(75)83)79(71)73(65)67)82-76(58-34-14-12-32-54(58)50-23-5-2-6-24-50)62-36-16-18-38-64(62)78(84(72)82)60-40-20-28-52-26-8-10-30-56(52)60/h1-48H. The van der Waals surface area contributed by atoms with Crippen LogP contribution in [0.4, 0.5) is 0 Å². The summed E-state index contributed by atoms with van der Waals surface area (Å²) in [7, 11) is 0. The van der Waals surface area contributed by atoms with Gasteiger partial charge in [-0.25, -0.2) is 0 Å². The molecule has 0 saturated carbocycles. The van der Waals surface area contributed by atoms with Gasteiger partial charge in [0.25, 0.3) is 0 Å². The summed E-state index contributed by atoms with van der Waals surface area (Å²) in [6, 6.07) is 110. The molecule has 0 bridgehead atoms. The van der Waals surface area contributed by atoms with Crippen LogP contribution in [-0.4, -0.2) is 0 Å². The van der Waals surface area contributed by atoms with Crippen molar-refractivity contribution in [2.24, 2.45) is 0 Å². The van der Waals surface area contributed by atoms with Crippen LogP contribution < -0.4 is 0 Å². The third kappa shape index (κ3) is 6.11. The highest BCUT2D eigenvalue weighted by atomic mass is 14.4. The van der Waals surface area contributed by atoms with Gasteiger partial charge in [0.15, 0.2) is 0 Å². The van der Waals surface area contributed by atoms with Crippen molar-refractivity contribution in [2.45, 2.75) is 0 Å². The van der Waals surface area contributed by atoms with Crippen LogP contribution in [-0.2, 0) is 0 Å². The summed E-state index contributed by atoms with van der Waals surface area (Å²) in [6.45, 7) is 0. The number of rotatable bonds is 6. The SMILES string of the molecule is c1ccc(-c2ccccc2-c2c3c(c(-c4cccc5ccccc45)c4ccccc24)-c2ccc4c5ccc6c7c(ccc(c8ccc-3c2c84)c75)-c2c-6c(-c3cccc4ccccc34)c3ccccc3c2-c2ccccc2-c2ccccc2)cc1. The van der Waals surface area contributed by atoms with E-state index < -0.39 is 0 Å². The van der Waals surface area contributed by atoms with E-state index in [9.17, 15) is 0 Å². The third-order valence-electron chi connectivity index (χ3n) is 19.1. The van der Waals surface area contributed by atoms with Gasteiger partial charge in [-0.1, -0.05) is 291 Å². The molecule has 84 heavy (non-hydrogen) atoms. The lowest BCUT2D eigenvalue weighted by atomic mass is 9.80. The molecular formula is C84H48. The van der Waals surface area contributed by atoms with Crippen molar-refractivity contribution in [3.63, 3.8) is 0 Å². The molecule has 0 aromatic heterocycles. The quantitative estimate of drug-likeness (QED) is 0.115. The Bertz CT molecular complexity index is 5320. The summed E-state index contributed by atoms with van der Waals surface area (Å²) in [5, 5.41) is 20.6. The van der Waals surface area contributed by atoms with Gasteiger partial charge in [0, 0.05) is 0 Å². The minimum Gasteiger partial charge on any atom is -0.0622 e. The number of hydrogen-bond acceptors (Lipinski definition) is 0. The topological polar surface area (TPSA) is 0 Å². The third-order valence-corrected chi connectivity index (χ3v) is 19.1. The molecule has 17 aromatic carbocycles. The largest absolute Gasteiger partial charge is 0.0622 e. The van der Waals surface area contributed by atoms with Crippen LogP contribution >= 0.6 is 0 Å². The van der Waals surface area contributed by atoms with Crippen LogP contribution in [0.3, 0.4) is 0 Å². The highest BCUT2D eigenvalue weighted by molar-refractivity contribution is 6.43. The van der Waals surface area contributed by atoms with E-state index in [2.05, 4.69) is 291 Å². The molecule has 2 aliphatic rings. The lowest BCUT2D eigenvalue weighted by Gasteiger charge is -2.22. The predicted molar refractivity (Wildman–Crippen MR) is 359 cm³/mol. The van der Waals surface area contributed by atoms with E-state index in [1.165, 1.54) is 197 Å². The molecule has 17 aromatic rings. The Kier molecular flexibility index (Phi) is 9.43. The average molecular weight is 1060 g/mol. The summed E-state index contributed by atoms with van der Waals surface area (Å²) in [4.78, 5) is 0. The minimum absolute atomic E-state index is 1.21. The molecule has 0 atom stereocenters. The molecule has 0 spiro atoms. The smallest absolute Gasteiger partial charge is 0.000718 e. The Morgan fingerprint density at radius 3 is 0.738 bits per heavy atom. The molecular weight excluding hydrogens is 1010 g/mol. The Morgan fingerprint density at radius 1 is 0.119 bits per heavy atom. The van der Waals surface area contributed by atoms with Crippen LogP contribution in [0.5, 0.6) is 0 Å². The van der Waals surface area contributed by atoms with Gasteiger partial charge in [-0.15, -0.1) is 0 Å². The molecule has 19 rings (SSSR count). The van der Waals surface area contributed by atoms with Gasteiger partial charge in [0.2, 0.25) is 0 Å². The Balaban J connectivity index is 0.943. The molecule has 0 aliphatic heterocycles. The van der Waals surface area contributed by atoms with Gasteiger partial charge in [0.05, 0.1) is 0 Å². The lowest BCUT2D eigenvalue weighted by molar-refractivity contribution is 1.59. The van der Waals surface area contributed by atoms with Gasteiger partial charge in [-0.05, 0) is 197 Å². The fraction of sp³-hybridized carbons (Fsp3) is 0. The van der Waals surface area contributed by atoms with Gasteiger partial charge >= 0.3 is 0 Å². The maximum atomic E-state index is 2.49. The summed E-state index contributed by atoms with van der Waals surface area (Å²) in [5.74, 6) is 0. The van der Waals surface area contributed by atoms with Crippen molar-refractivity contribution in [3.8, 4) is 111 Å². The first-order valence-corrected chi connectivity index (χ1v) is 29.4. The van der Waals surface area contributed by atoms with E-state index in [0.717, 1.165) is 0 Å². The van der Waals surface area contributed by atoms with Crippen molar-refractivity contribution >= 4 is 86.2 Å².